The van der Waals surface area contributed by atoms with Gasteiger partial charge >= 0.3 is 12.4 Å². The highest BCUT2D eigenvalue weighted by atomic mass is 19.4. The Hall–Kier alpha value is -2.30. The van der Waals surface area contributed by atoms with Crippen LogP contribution in [0.5, 0.6) is 0 Å². The summed E-state index contributed by atoms with van der Waals surface area (Å²) in [6, 6.07) is 3.16. The first-order valence-corrected chi connectivity index (χ1v) is 10.8. The van der Waals surface area contributed by atoms with E-state index in [1.807, 2.05) is 0 Å². The third-order valence-corrected chi connectivity index (χ3v) is 7.05. The van der Waals surface area contributed by atoms with Crippen LogP contribution in [0.1, 0.15) is 54.6 Å². The average molecular weight is 459 g/mol. The Labute approximate surface area is 180 Å². The lowest BCUT2D eigenvalue weighted by molar-refractivity contribution is -0.175. The van der Waals surface area contributed by atoms with Crippen LogP contribution < -0.4 is 10.6 Å². The zero-order chi connectivity index (χ0) is 22.7. The number of hydrogen-bond donors (Lipinski definition) is 2. The highest BCUT2D eigenvalue weighted by molar-refractivity contribution is 5.39. The summed E-state index contributed by atoms with van der Waals surface area (Å²) in [5, 5.41) is 10.7. The van der Waals surface area contributed by atoms with Gasteiger partial charge in [-0.25, -0.2) is 4.68 Å². The van der Waals surface area contributed by atoms with Crippen LogP contribution in [0.2, 0.25) is 0 Å². The van der Waals surface area contributed by atoms with Gasteiger partial charge in [-0.05, 0) is 62.2 Å². The maximum absolute atomic E-state index is 13.7. The van der Waals surface area contributed by atoms with Gasteiger partial charge in [0.1, 0.15) is 11.9 Å². The Bertz CT molecular complexity index is 968. The lowest BCUT2D eigenvalue weighted by Crippen LogP contribution is -2.45. The molecule has 1 aromatic carbocycles. The third kappa shape index (κ3) is 3.74. The van der Waals surface area contributed by atoms with E-state index >= 15 is 0 Å². The van der Waals surface area contributed by atoms with Gasteiger partial charge in [-0.2, -0.15) is 31.3 Å². The minimum atomic E-state index is -4.61. The van der Waals surface area contributed by atoms with Crippen molar-refractivity contribution in [3.05, 3.63) is 41.2 Å². The fourth-order valence-electron chi connectivity index (χ4n) is 5.56. The van der Waals surface area contributed by atoms with Crippen molar-refractivity contribution in [1.29, 1.82) is 0 Å². The fraction of sp³-hybridized carbons (Fsp3) is 0.619. The number of anilines is 1. The van der Waals surface area contributed by atoms with Crippen LogP contribution in [0.4, 0.5) is 32.3 Å². The topological polar surface area (TPSA) is 54.8 Å². The smallest absolute Gasteiger partial charge is 0.350 e. The third-order valence-electron chi connectivity index (χ3n) is 7.05. The van der Waals surface area contributed by atoms with E-state index in [4.69, 9.17) is 0 Å². The van der Waals surface area contributed by atoms with Crippen LogP contribution in [0, 0.1) is 11.8 Å². The molecule has 0 amide bonds. The first-order valence-electron chi connectivity index (χ1n) is 10.8. The molecule has 5 rings (SSSR count). The van der Waals surface area contributed by atoms with Crippen molar-refractivity contribution in [2.75, 3.05) is 18.4 Å². The van der Waals surface area contributed by atoms with Crippen molar-refractivity contribution in [3.8, 4) is 0 Å². The Kier molecular flexibility index (Phi) is 5.14. The lowest BCUT2D eigenvalue weighted by Gasteiger charge is -2.31. The number of halogens is 6. The van der Waals surface area contributed by atoms with E-state index in [1.165, 1.54) is 18.2 Å². The highest BCUT2D eigenvalue weighted by Crippen LogP contribution is 2.47. The fourth-order valence-corrected chi connectivity index (χ4v) is 5.56. The number of benzene rings is 1. The Morgan fingerprint density at radius 2 is 1.62 bits per heavy atom. The van der Waals surface area contributed by atoms with Crippen LogP contribution in [0.3, 0.4) is 0 Å². The number of fused-ring (bicyclic) bond motifs is 3. The molecule has 32 heavy (non-hydrogen) atoms. The van der Waals surface area contributed by atoms with Crippen LogP contribution in [-0.2, 0) is 6.18 Å². The molecular formula is C21H23F6N5. The number of nitrogens with zero attached hydrogens (tertiary/aromatic N) is 3. The molecule has 3 unspecified atom stereocenters. The maximum Gasteiger partial charge on any atom is 0.416 e. The van der Waals surface area contributed by atoms with Gasteiger partial charge in [-0.3, -0.25) is 0 Å². The summed E-state index contributed by atoms with van der Waals surface area (Å²) in [6.07, 6.45) is -7.60. The first-order chi connectivity index (χ1) is 15.1. The maximum atomic E-state index is 13.7. The molecule has 2 aliphatic heterocycles. The van der Waals surface area contributed by atoms with Crippen molar-refractivity contribution in [2.45, 2.75) is 56.0 Å². The van der Waals surface area contributed by atoms with Crippen molar-refractivity contribution in [2.24, 2.45) is 11.8 Å². The van der Waals surface area contributed by atoms with Crippen molar-refractivity contribution >= 4 is 5.95 Å². The Morgan fingerprint density at radius 1 is 0.938 bits per heavy atom. The second-order valence-electron chi connectivity index (χ2n) is 8.94. The van der Waals surface area contributed by atoms with Gasteiger partial charge in [0.05, 0.1) is 5.56 Å². The van der Waals surface area contributed by atoms with Gasteiger partial charge in [-0.1, -0.05) is 18.2 Å². The second kappa shape index (κ2) is 7.64. The van der Waals surface area contributed by atoms with Crippen molar-refractivity contribution < 1.29 is 26.3 Å². The van der Waals surface area contributed by atoms with E-state index in [-0.39, 0.29) is 36.2 Å². The molecule has 3 heterocycles. The summed E-state index contributed by atoms with van der Waals surface area (Å²) < 4.78 is 82.8. The van der Waals surface area contributed by atoms with Crippen LogP contribution in [0.25, 0.3) is 0 Å². The SMILES string of the molecule is FC(F)(F)c1ccccc1C1CCC(C(F)(F)F)n2nc(NC3[C@@H]4CC[C@H]3CNC4)nc21. The molecule has 2 fully saturated rings. The Morgan fingerprint density at radius 3 is 2.28 bits per heavy atom. The quantitative estimate of drug-likeness (QED) is 0.652. The summed E-state index contributed by atoms with van der Waals surface area (Å²) >= 11 is 0. The molecule has 0 spiro atoms. The average Bonchev–Trinajstić information content (AvgIpc) is 3.22. The molecular weight excluding hydrogens is 436 g/mol. The normalized spacial score (nSPS) is 30.2. The van der Waals surface area contributed by atoms with Gasteiger partial charge in [0, 0.05) is 12.0 Å². The Balaban J connectivity index is 1.54. The van der Waals surface area contributed by atoms with Gasteiger partial charge < -0.3 is 10.6 Å². The highest BCUT2D eigenvalue weighted by Gasteiger charge is 2.48. The molecule has 1 aliphatic carbocycles. The molecule has 5 atom stereocenters. The molecule has 5 nitrogen and oxygen atoms in total. The molecule has 2 aromatic rings. The molecule has 2 N–H and O–H groups in total. The van der Waals surface area contributed by atoms with E-state index < -0.39 is 29.9 Å². The summed E-state index contributed by atoms with van der Waals surface area (Å²) in [5.41, 5.74) is -0.918. The summed E-state index contributed by atoms with van der Waals surface area (Å²) in [4.78, 5) is 4.34. The first kappa shape index (κ1) is 21.5. The summed E-state index contributed by atoms with van der Waals surface area (Å²) in [5.74, 6) is -0.267. The summed E-state index contributed by atoms with van der Waals surface area (Å²) in [7, 11) is 0. The number of nitrogens with one attached hydrogen (secondary N) is 2. The molecule has 2 bridgehead atoms. The standard InChI is InChI=1S/C21H23F6N5/c22-20(23,24)15-4-2-1-3-13(15)14-7-8-16(21(25,26)27)32-18(14)30-19(31-32)29-17-11-5-6-12(17)10-28-9-11/h1-4,11-12,14,16-17,28H,5-10H2,(H,29,31)/t11-,12+,14?,16?,17?. The molecule has 3 aliphatic rings. The van der Waals surface area contributed by atoms with Gasteiger partial charge in [0.25, 0.3) is 0 Å². The molecule has 1 saturated carbocycles. The van der Waals surface area contributed by atoms with Gasteiger partial charge in [0.15, 0.2) is 0 Å². The molecule has 11 heteroatoms. The van der Waals surface area contributed by atoms with E-state index in [0.717, 1.165) is 36.7 Å². The zero-order valence-electron chi connectivity index (χ0n) is 17.0. The predicted molar refractivity (Wildman–Crippen MR) is 104 cm³/mol. The van der Waals surface area contributed by atoms with Crippen molar-refractivity contribution in [3.63, 3.8) is 0 Å². The van der Waals surface area contributed by atoms with Crippen LogP contribution in [0.15, 0.2) is 24.3 Å². The van der Waals surface area contributed by atoms with Gasteiger partial charge in [0.2, 0.25) is 5.95 Å². The number of aromatic nitrogens is 3. The number of piperidine rings is 1. The minimum absolute atomic E-state index is 0.0472. The minimum Gasteiger partial charge on any atom is -0.350 e. The van der Waals surface area contributed by atoms with Crippen LogP contribution in [-0.4, -0.2) is 40.1 Å². The molecule has 0 radical (unpaired) electrons. The van der Waals surface area contributed by atoms with E-state index in [0.29, 0.717) is 11.8 Å². The number of hydrogen-bond acceptors (Lipinski definition) is 4. The molecule has 1 saturated heterocycles. The van der Waals surface area contributed by atoms with Gasteiger partial charge in [-0.15, -0.1) is 5.10 Å². The predicted octanol–water partition coefficient (Wildman–Crippen LogP) is 4.74. The second-order valence-corrected chi connectivity index (χ2v) is 8.94. The zero-order valence-corrected chi connectivity index (χ0v) is 17.0. The van der Waals surface area contributed by atoms with E-state index in [2.05, 4.69) is 20.7 Å². The molecule has 174 valence electrons. The van der Waals surface area contributed by atoms with Crippen molar-refractivity contribution in [1.82, 2.24) is 20.1 Å². The monoisotopic (exact) mass is 459 g/mol. The summed E-state index contributed by atoms with van der Waals surface area (Å²) in [6.45, 7) is 1.63. The van der Waals surface area contributed by atoms with E-state index in [1.54, 1.807) is 0 Å². The number of rotatable bonds is 3. The number of alkyl halides is 6. The molecule has 1 aromatic heterocycles. The largest absolute Gasteiger partial charge is 0.416 e. The lowest BCUT2D eigenvalue weighted by atomic mass is 9.85. The van der Waals surface area contributed by atoms with Crippen LogP contribution >= 0.6 is 0 Å². The van der Waals surface area contributed by atoms with E-state index in [9.17, 15) is 26.3 Å².